The van der Waals surface area contributed by atoms with Gasteiger partial charge in [-0.1, -0.05) is 30.3 Å². The molecular formula is C17H20N2O4S. The summed E-state index contributed by atoms with van der Waals surface area (Å²) in [5.74, 6) is 0.210. The molecule has 1 amide bonds. The van der Waals surface area contributed by atoms with E-state index in [2.05, 4.69) is 10.0 Å². The van der Waals surface area contributed by atoms with E-state index in [4.69, 9.17) is 4.74 Å². The molecule has 2 aromatic carbocycles. The molecule has 2 N–H and O–H groups in total. The first-order valence-corrected chi connectivity index (χ1v) is 8.85. The number of benzene rings is 2. The normalized spacial score (nSPS) is 11.1. The van der Waals surface area contributed by atoms with Crippen molar-refractivity contribution in [3.8, 4) is 5.75 Å². The van der Waals surface area contributed by atoms with Gasteiger partial charge in [0.15, 0.2) is 0 Å². The second kappa shape index (κ2) is 7.94. The van der Waals surface area contributed by atoms with Gasteiger partial charge < -0.3 is 10.1 Å². The Balaban J connectivity index is 1.92. The molecule has 0 atom stereocenters. The second-order valence-electron chi connectivity index (χ2n) is 5.22. The minimum atomic E-state index is -3.75. The van der Waals surface area contributed by atoms with Crippen LogP contribution in [0.15, 0.2) is 53.4 Å². The van der Waals surface area contributed by atoms with E-state index < -0.39 is 15.9 Å². The van der Waals surface area contributed by atoms with Gasteiger partial charge in [-0.2, -0.15) is 0 Å². The molecule has 6 nitrogen and oxygen atoms in total. The number of carbonyl (C=O) groups excluding carboxylic acids is 1. The van der Waals surface area contributed by atoms with Crippen LogP contribution < -0.4 is 14.8 Å². The van der Waals surface area contributed by atoms with Crippen LogP contribution in [0.3, 0.4) is 0 Å². The largest absolute Gasteiger partial charge is 0.496 e. The molecular weight excluding hydrogens is 328 g/mol. The maximum absolute atomic E-state index is 12.2. The molecule has 0 spiro atoms. The van der Waals surface area contributed by atoms with Gasteiger partial charge in [0.25, 0.3) is 0 Å². The Morgan fingerprint density at radius 1 is 1.12 bits per heavy atom. The SMILES string of the molecule is COc1ccc(S(=O)(=O)NCC(=O)NCc2ccccc2)cc1C. The van der Waals surface area contributed by atoms with Crippen molar-refractivity contribution in [3.05, 3.63) is 59.7 Å². The van der Waals surface area contributed by atoms with Crippen LogP contribution in [0.4, 0.5) is 0 Å². The summed E-state index contributed by atoms with van der Waals surface area (Å²) < 4.78 is 31.9. The van der Waals surface area contributed by atoms with Crippen LogP contribution in [0.25, 0.3) is 0 Å². The quantitative estimate of drug-likeness (QED) is 0.796. The van der Waals surface area contributed by atoms with Crippen molar-refractivity contribution in [1.82, 2.24) is 10.0 Å². The molecule has 0 saturated carbocycles. The highest BCUT2D eigenvalue weighted by molar-refractivity contribution is 7.89. The molecule has 0 unspecified atom stereocenters. The highest BCUT2D eigenvalue weighted by atomic mass is 32.2. The van der Waals surface area contributed by atoms with E-state index in [1.807, 2.05) is 30.3 Å². The summed E-state index contributed by atoms with van der Waals surface area (Å²) >= 11 is 0. The van der Waals surface area contributed by atoms with E-state index in [1.165, 1.54) is 19.2 Å². The number of sulfonamides is 1. The molecule has 0 aliphatic rings. The summed E-state index contributed by atoms with van der Waals surface area (Å²) in [4.78, 5) is 11.9. The third-order valence-corrected chi connectivity index (χ3v) is 4.83. The predicted molar refractivity (Wildman–Crippen MR) is 91.2 cm³/mol. The lowest BCUT2D eigenvalue weighted by Crippen LogP contribution is -2.36. The van der Waals surface area contributed by atoms with Crippen molar-refractivity contribution in [2.45, 2.75) is 18.4 Å². The van der Waals surface area contributed by atoms with Gasteiger partial charge in [0.1, 0.15) is 5.75 Å². The molecule has 128 valence electrons. The number of rotatable bonds is 7. The Hall–Kier alpha value is -2.38. The minimum absolute atomic E-state index is 0.0941. The third-order valence-electron chi connectivity index (χ3n) is 3.43. The Kier molecular flexibility index (Phi) is 5.94. The van der Waals surface area contributed by atoms with E-state index in [0.29, 0.717) is 17.9 Å². The van der Waals surface area contributed by atoms with Crippen LogP contribution in [0, 0.1) is 6.92 Å². The summed E-state index contributed by atoms with van der Waals surface area (Å²) in [7, 11) is -2.23. The third kappa shape index (κ3) is 4.81. The number of carbonyl (C=O) groups is 1. The topological polar surface area (TPSA) is 84.5 Å². The molecule has 0 fully saturated rings. The highest BCUT2D eigenvalue weighted by Gasteiger charge is 2.16. The number of aryl methyl sites for hydroxylation is 1. The van der Waals surface area contributed by atoms with Crippen molar-refractivity contribution in [1.29, 1.82) is 0 Å². The summed E-state index contributed by atoms with van der Waals surface area (Å²) in [6, 6.07) is 13.9. The molecule has 2 rings (SSSR count). The molecule has 0 aliphatic carbocycles. The van der Waals surface area contributed by atoms with Gasteiger partial charge in [-0.05, 0) is 36.2 Å². The van der Waals surface area contributed by atoms with Gasteiger partial charge in [0.05, 0.1) is 18.6 Å². The van der Waals surface area contributed by atoms with Crippen LogP contribution in [0.5, 0.6) is 5.75 Å². The maximum Gasteiger partial charge on any atom is 0.241 e. The van der Waals surface area contributed by atoms with Crippen LogP contribution in [0.2, 0.25) is 0 Å². The first-order valence-electron chi connectivity index (χ1n) is 7.37. The molecule has 7 heteroatoms. The van der Waals surface area contributed by atoms with Crippen LogP contribution in [-0.2, 0) is 21.4 Å². The Labute approximate surface area is 141 Å². The van der Waals surface area contributed by atoms with Crippen LogP contribution in [0.1, 0.15) is 11.1 Å². The molecule has 0 saturated heterocycles. The van der Waals surface area contributed by atoms with E-state index >= 15 is 0 Å². The van der Waals surface area contributed by atoms with Gasteiger partial charge in [-0.25, -0.2) is 13.1 Å². The second-order valence-corrected chi connectivity index (χ2v) is 6.99. The first kappa shape index (κ1) is 18.0. The molecule has 24 heavy (non-hydrogen) atoms. The van der Waals surface area contributed by atoms with Gasteiger partial charge in [0.2, 0.25) is 15.9 Å². The van der Waals surface area contributed by atoms with E-state index in [0.717, 1.165) is 5.56 Å². The summed E-state index contributed by atoms with van der Waals surface area (Å²) in [5, 5.41) is 2.67. The number of amides is 1. The van der Waals surface area contributed by atoms with Crippen LogP contribution >= 0.6 is 0 Å². The number of ether oxygens (including phenoxy) is 1. The zero-order chi connectivity index (χ0) is 17.6. The lowest BCUT2D eigenvalue weighted by Gasteiger charge is -2.10. The molecule has 0 aromatic heterocycles. The average Bonchev–Trinajstić information content (AvgIpc) is 2.59. The summed E-state index contributed by atoms with van der Waals surface area (Å²) in [6.07, 6.45) is 0. The fraction of sp³-hybridized carbons (Fsp3) is 0.235. The molecule has 0 radical (unpaired) electrons. The van der Waals surface area contributed by atoms with Crippen molar-refractivity contribution >= 4 is 15.9 Å². The van der Waals surface area contributed by atoms with Crippen molar-refractivity contribution in [2.75, 3.05) is 13.7 Å². The Morgan fingerprint density at radius 3 is 2.46 bits per heavy atom. The molecule has 0 aliphatic heterocycles. The monoisotopic (exact) mass is 348 g/mol. The number of hydrogen-bond donors (Lipinski definition) is 2. The zero-order valence-electron chi connectivity index (χ0n) is 13.6. The molecule has 0 bridgehead atoms. The van der Waals surface area contributed by atoms with Gasteiger partial charge in [-0.15, -0.1) is 0 Å². The van der Waals surface area contributed by atoms with Crippen LogP contribution in [-0.4, -0.2) is 28.0 Å². The van der Waals surface area contributed by atoms with E-state index in [1.54, 1.807) is 13.0 Å². The van der Waals surface area contributed by atoms with Crippen molar-refractivity contribution in [2.24, 2.45) is 0 Å². The average molecular weight is 348 g/mol. The summed E-state index contributed by atoms with van der Waals surface area (Å²) in [6.45, 7) is 1.79. The standard InChI is InChI=1S/C17H20N2O4S/c1-13-10-15(8-9-16(13)23-2)24(21,22)19-12-17(20)18-11-14-6-4-3-5-7-14/h3-10,19H,11-12H2,1-2H3,(H,18,20). The zero-order valence-corrected chi connectivity index (χ0v) is 14.4. The molecule has 0 heterocycles. The lowest BCUT2D eigenvalue weighted by atomic mass is 10.2. The highest BCUT2D eigenvalue weighted by Crippen LogP contribution is 2.21. The number of methoxy groups -OCH3 is 1. The fourth-order valence-corrected chi connectivity index (χ4v) is 3.19. The van der Waals surface area contributed by atoms with E-state index in [9.17, 15) is 13.2 Å². The van der Waals surface area contributed by atoms with Crippen molar-refractivity contribution in [3.63, 3.8) is 0 Å². The smallest absolute Gasteiger partial charge is 0.241 e. The maximum atomic E-state index is 12.2. The minimum Gasteiger partial charge on any atom is -0.496 e. The van der Waals surface area contributed by atoms with E-state index in [-0.39, 0.29) is 11.4 Å². The summed E-state index contributed by atoms with van der Waals surface area (Å²) in [5.41, 5.74) is 1.65. The van der Waals surface area contributed by atoms with Gasteiger partial charge in [0, 0.05) is 6.54 Å². The predicted octanol–water partition coefficient (Wildman–Crippen LogP) is 1.60. The Bertz CT molecular complexity index is 805. The Morgan fingerprint density at radius 2 is 1.83 bits per heavy atom. The van der Waals surface area contributed by atoms with Gasteiger partial charge >= 0.3 is 0 Å². The van der Waals surface area contributed by atoms with Gasteiger partial charge in [-0.3, -0.25) is 4.79 Å². The fourth-order valence-electron chi connectivity index (χ4n) is 2.12. The lowest BCUT2D eigenvalue weighted by molar-refractivity contribution is -0.120. The first-order chi connectivity index (χ1) is 11.4. The number of hydrogen-bond acceptors (Lipinski definition) is 4. The van der Waals surface area contributed by atoms with Crippen molar-refractivity contribution < 1.29 is 17.9 Å². The number of nitrogens with one attached hydrogen (secondary N) is 2. The molecule has 2 aromatic rings.